The van der Waals surface area contributed by atoms with Crippen LogP contribution in [0.5, 0.6) is 0 Å². The van der Waals surface area contributed by atoms with Crippen LogP contribution in [-0.4, -0.2) is 0 Å². The Hall–Kier alpha value is 0. The van der Waals surface area contributed by atoms with Crippen LogP contribution >= 0.6 is 0 Å². The summed E-state index contributed by atoms with van der Waals surface area (Å²) in [5.41, 5.74) is 6.43. The second kappa shape index (κ2) is 32.5. The van der Waals surface area contributed by atoms with Crippen molar-refractivity contribution >= 4 is 0 Å². The largest absolute Gasteiger partial charge is 0.0649 e. The summed E-state index contributed by atoms with van der Waals surface area (Å²) in [5, 5.41) is 0. The van der Waals surface area contributed by atoms with Crippen LogP contribution in [0.15, 0.2) is 0 Å². The van der Waals surface area contributed by atoms with E-state index in [0.29, 0.717) is 59.6 Å². The Morgan fingerprint density at radius 1 is 0.358 bits per heavy atom. The highest BCUT2D eigenvalue weighted by Gasteiger charge is 2.43. The van der Waals surface area contributed by atoms with Gasteiger partial charge in [-0.1, -0.05) is 286 Å². The average molecular weight is 1140 g/mol. The molecule has 11 unspecified atom stereocenters. The van der Waals surface area contributed by atoms with Crippen molar-refractivity contribution in [3.63, 3.8) is 0 Å². The maximum atomic E-state index is 2.51. The summed E-state index contributed by atoms with van der Waals surface area (Å²) in [7, 11) is 0. The fourth-order valence-corrected chi connectivity index (χ4v) is 16.3. The molecule has 0 saturated heterocycles. The van der Waals surface area contributed by atoms with E-state index in [1.165, 1.54) is 180 Å². The van der Waals surface area contributed by atoms with Crippen LogP contribution in [0, 0.1) is 119 Å². The molecule has 6 aliphatic carbocycles. The second-order valence-electron chi connectivity index (χ2n) is 38.5. The van der Waals surface area contributed by atoms with Crippen molar-refractivity contribution in [3.8, 4) is 0 Å². The van der Waals surface area contributed by atoms with E-state index < -0.39 is 0 Å². The van der Waals surface area contributed by atoms with Crippen LogP contribution in [0.2, 0.25) is 0 Å². The SMILES string of the molecule is CC(C)C1(C)CCCC(C(C)(C)C)C1.CC(C)C1CCC(C)C(C)(C)C1.CCC(C)(C)C1CCCC(C)(C(C)C)C1.CCC(C)(C)C1CCCC(C)(C)C1.CCC1(C)CCCC(C(C)(C)C)C1.CCC1(C)CCCC(C(C)(C)CC)C1. The van der Waals surface area contributed by atoms with E-state index in [-0.39, 0.29) is 0 Å². The van der Waals surface area contributed by atoms with Gasteiger partial charge in [0.05, 0.1) is 0 Å². The number of hydrogen-bond donors (Lipinski definition) is 0. The molecule has 0 N–H and O–H groups in total. The van der Waals surface area contributed by atoms with Crippen molar-refractivity contribution in [2.24, 2.45) is 119 Å². The molecule has 486 valence electrons. The molecule has 11 atom stereocenters. The molecule has 0 amide bonds. The molecule has 6 rings (SSSR count). The van der Waals surface area contributed by atoms with Gasteiger partial charge in [-0.25, -0.2) is 0 Å². The van der Waals surface area contributed by atoms with Crippen LogP contribution in [0.25, 0.3) is 0 Å². The zero-order chi connectivity index (χ0) is 63.1. The van der Waals surface area contributed by atoms with Crippen molar-refractivity contribution in [2.45, 2.75) is 401 Å². The summed E-state index contributed by atoms with van der Waals surface area (Å²) < 4.78 is 0. The Kier molecular flexibility index (Phi) is 31.7. The topological polar surface area (TPSA) is 0 Å². The molecule has 0 nitrogen and oxygen atoms in total. The lowest BCUT2D eigenvalue weighted by Crippen LogP contribution is -2.36. The lowest BCUT2D eigenvalue weighted by atomic mass is 9.59. The standard InChI is InChI=1S/C15H30.2C14H28.2C13H26.C12H24/c1-7-14(4,5)13-9-8-10-15(6,11-13)12(2)3;1-11(2)14(6)9-7-8-12(10-14)13(3,4)5;1-6-13(3,4)12-9-8-10-14(5,7-2)11-12;1-6-13(4,5)11-8-7-9-12(2,3)10-11;1-6-13(5)9-7-8-11(10-13)12(2,3)4;1-9(2)11-7-6-10(3)12(4,5)8-11/h12-13H,7-11H2,1-6H3;11-12H,7-10H2,1-6H3;12H,6-11H2,1-5H3;2*11H,6-10H2,1-5H3;9-11H,6-8H2,1-5H3. The van der Waals surface area contributed by atoms with E-state index in [4.69, 9.17) is 0 Å². The fraction of sp³-hybridized carbons (Fsp3) is 1.00. The molecular formula is C81H162. The van der Waals surface area contributed by atoms with Gasteiger partial charge < -0.3 is 0 Å². The zero-order valence-corrected chi connectivity index (χ0v) is 63.1. The third-order valence-corrected chi connectivity index (χ3v) is 27.4. The van der Waals surface area contributed by atoms with Crippen LogP contribution < -0.4 is 0 Å². The first-order valence-electron chi connectivity index (χ1n) is 36.7. The van der Waals surface area contributed by atoms with Crippen molar-refractivity contribution in [1.82, 2.24) is 0 Å². The summed E-state index contributed by atoms with van der Waals surface area (Å²) >= 11 is 0. The highest BCUT2D eigenvalue weighted by Crippen LogP contribution is 2.54. The third-order valence-electron chi connectivity index (χ3n) is 27.4. The Labute approximate surface area is 517 Å². The molecule has 81 heavy (non-hydrogen) atoms. The Balaban J connectivity index is 0.000000487. The van der Waals surface area contributed by atoms with Crippen molar-refractivity contribution < 1.29 is 0 Å². The van der Waals surface area contributed by atoms with Gasteiger partial charge in [0.25, 0.3) is 0 Å². The van der Waals surface area contributed by atoms with E-state index in [2.05, 4.69) is 222 Å². The lowest BCUT2D eigenvalue weighted by molar-refractivity contribution is 0.0398. The van der Waals surface area contributed by atoms with Gasteiger partial charge in [-0.05, 0) is 234 Å². The highest BCUT2D eigenvalue weighted by molar-refractivity contribution is 4.94. The average Bonchev–Trinajstić information content (AvgIpc) is 3.37. The Bertz CT molecular complexity index is 1670. The second-order valence-corrected chi connectivity index (χ2v) is 38.5. The van der Waals surface area contributed by atoms with Crippen LogP contribution in [0.1, 0.15) is 401 Å². The molecule has 0 bridgehead atoms. The van der Waals surface area contributed by atoms with Crippen LogP contribution in [0.3, 0.4) is 0 Å². The Morgan fingerprint density at radius 3 is 0.988 bits per heavy atom. The van der Waals surface area contributed by atoms with Crippen molar-refractivity contribution in [1.29, 1.82) is 0 Å². The fourth-order valence-electron chi connectivity index (χ4n) is 16.3. The summed E-state index contributed by atoms with van der Waals surface area (Å²) in [4.78, 5) is 0. The Morgan fingerprint density at radius 2 is 0.667 bits per heavy atom. The van der Waals surface area contributed by atoms with Gasteiger partial charge in [0.15, 0.2) is 0 Å². The first kappa shape index (κ1) is 79.0. The normalized spacial score (nSPS) is 33.9. The minimum Gasteiger partial charge on any atom is -0.0649 e. The summed E-state index contributed by atoms with van der Waals surface area (Å²) in [6.07, 6.45) is 40.1. The third kappa shape index (κ3) is 25.9. The van der Waals surface area contributed by atoms with Gasteiger partial charge in [0.2, 0.25) is 0 Å². The monoisotopic (exact) mass is 1140 g/mol. The minimum atomic E-state index is 0.510. The maximum Gasteiger partial charge on any atom is -0.0300 e. The predicted octanol–water partition coefficient (Wildman–Crippen LogP) is 28.6. The van der Waals surface area contributed by atoms with Crippen LogP contribution in [-0.2, 0) is 0 Å². The van der Waals surface area contributed by atoms with E-state index >= 15 is 0 Å². The van der Waals surface area contributed by atoms with Gasteiger partial charge in [0, 0.05) is 0 Å². The van der Waals surface area contributed by atoms with E-state index in [9.17, 15) is 0 Å². The molecular weight excluding hydrogens is 973 g/mol. The first-order valence-corrected chi connectivity index (χ1v) is 36.7. The molecule has 0 aliphatic heterocycles. The van der Waals surface area contributed by atoms with E-state index in [1.54, 1.807) is 0 Å². The molecule has 0 radical (unpaired) electrons. The predicted molar refractivity (Wildman–Crippen MR) is 373 cm³/mol. The minimum absolute atomic E-state index is 0.510. The molecule has 0 heterocycles. The summed E-state index contributed by atoms with van der Waals surface area (Å²) in [6, 6.07) is 0. The van der Waals surface area contributed by atoms with Gasteiger partial charge in [-0.3, -0.25) is 0 Å². The van der Waals surface area contributed by atoms with Gasteiger partial charge in [-0.2, -0.15) is 0 Å². The van der Waals surface area contributed by atoms with Gasteiger partial charge in [-0.15, -0.1) is 0 Å². The molecule has 6 aliphatic rings. The smallest absolute Gasteiger partial charge is 0.0300 e. The molecule has 0 spiro atoms. The van der Waals surface area contributed by atoms with Crippen LogP contribution in [0.4, 0.5) is 0 Å². The summed E-state index contributed by atoms with van der Waals surface area (Å²) in [6.45, 7) is 77.4. The molecule has 6 fully saturated rings. The van der Waals surface area contributed by atoms with E-state index in [1.807, 2.05) is 0 Å². The van der Waals surface area contributed by atoms with Gasteiger partial charge >= 0.3 is 0 Å². The molecule has 0 aromatic rings. The zero-order valence-electron chi connectivity index (χ0n) is 63.1. The number of hydrogen-bond acceptors (Lipinski definition) is 0. The molecule has 0 aromatic heterocycles. The molecule has 0 aromatic carbocycles. The van der Waals surface area contributed by atoms with E-state index in [0.717, 1.165) is 59.2 Å². The van der Waals surface area contributed by atoms with Gasteiger partial charge in [0.1, 0.15) is 0 Å². The lowest BCUT2D eigenvalue weighted by Gasteiger charge is -2.47. The first-order chi connectivity index (χ1) is 36.7. The maximum absolute atomic E-state index is 2.51. The quantitative estimate of drug-likeness (QED) is 0.193. The summed E-state index contributed by atoms with van der Waals surface area (Å²) in [5.74, 6) is 9.23. The highest BCUT2D eigenvalue weighted by atomic mass is 14.5. The number of rotatable bonds is 11. The van der Waals surface area contributed by atoms with Crippen molar-refractivity contribution in [2.75, 3.05) is 0 Å². The molecule has 6 saturated carbocycles. The van der Waals surface area contributed by atoms with Crippen molar-refractivity contribution in [3.05, 3.63) is 0 Å². The molecule has 0 heteroatoms.